The average molecular weight is 301 g/mol. The van der Waals surface area contributed by atoms with Gasteiger partial charge in [-0.25, -0.2) is 4.79 Å². The van der Waals surface area contributed by atoms with Crippen molar-refractivity contribution in [2.24, 2.45) is 11.3 Å². The molecule has 0 aliphatic heterocycles. The summed E-state index contributed by atoms with van der Waals surface area (Å²) in [4.78, 5) is 22.3. The minimum Gasteiger partial charge on any atom is -0.481 e. The molecule has 0 bridgehead atoms. The maximum atomic E-state index is 11.6. The van der Waals surface area contributed by atoms with Crippen molar-refractivity contribution >= 4 is 12.0 Å². The van der Waals surface area contributed by atoms with Gasteiger partial charge in [0.2, 0.25) is 0 Å². The predicted octanol–water partition coefficient (Wildman–Crippen LogP) is 1.81. The molecule has 0 aromatic heterocycles. The van der Waals surface area contributed by atoms with Crippen LogP contribution >= 0.6 is 0 Å². The molecule has 0 spiro atoms. The minimum atomic E-state index is -0.764. The zero-order chi connectivity index (χ0) is 16.3. The molecule has 124 valence electrons. The fourth-order valence-electron chi connectivity index (χ4n) is 2.20. The van der Waals surface area contributed by atoms with Crippen LogP contribution in [0.15, 0.2) is 0 Å². The average Bonchev–Trinajstić information content (AvgIpc) is 2.37. The molecule has 2 amide bonds. The van der Waals surface area contributed by atoms with Gasteiger partial charge in [0.25, 0.3) is 0 Å². The molecule has 1 unspecified atom stereocenters. The van der Waals surface area contributed by atoms with E-state index in [0.717, 1.165) is 19.4 Å². The summed E-state index contributed by atoms with van der Waals surface area (Å²) in [5, 5.41) is 17.4. The lowest BCUT2D eigenvalue weighted by Crippen LogP contribution is -2.38. The van der Waals surface area contributed by atoms with E-state index in [0.29, 0.717) is 19.5 Å². The number of hydrogen-bond donors (Lipinski definition) is 4. The van der Waals surface area contributed by atoms with Crippen molar-refractivity contribution in [3.05, 3.63) is 0 Å². The first-order valence-electron chi connectivity index (χ1n) is 7.65. The van der Waals surface area contributed by atoms with Crippen molar-refractivity contribution in [1.82, 2.24) is 16.0 Å². The molecule has 0 rings (SSSR count). The summed E-state index contributed by atoms with van der Waals surface area (Å²) in [5.41, 5.74) is 0.0421. The molecule has 0 fully saturated rings. The standard InChI is InChI=1S/C15H31N3O3/c1-15(2,3)12(6-7-13(19)20)8-11-18-14(21)17-10-5-9-16-4/h12,16H,5-11H2,1-4H3,(H,19,20)(H2,17,18,21). The summed E-state index contributed by atoms with van der Waals surface area (Å²) in [6.45, 7) is 8.42. The second kappa shape index (κ2) is 10.4. The fraction of sp³-hybridized carbons (Fsp3) is 0.867. The molecule has 6 heteroatoms. The van der Waals surface area contributed by atoms with Gasteiger partial charge in [-0.15, -0.1) is 0 Å². The van der Waals surface area contributed by atoms with Gasteiger partial charge in [0.1, 0.15) is 0 Å². The molecule has 0 saturated carbocycles. The van der Waals surface area contributed by atoms with E-state index in [4.69, 9.17) is 5.11 Å². The molecular weight excluding hydrogens is 270 g/mol. The number of carboxylic acid groups (broad SMARTS) is 1. The van der Waals surface area contributed by atoms with Crippen LogP contribution in [0, 0.1) is 11.3 Å². The van der Waals surface area contributed by atoms with Gasteiger partial charge in [0.15, 0.2) is 0 Å². The van der Waals surface area contributed by atoms with Gasteiger partial charge >= 0.3 is 12.0 Å². The van der Waals surface area contributed by atoms with E-state index in [-0.39, 0.29) is 23.8 Å². The third kappa shape index (κ3) is 11.1. The minimum absolute atomic E-state index is 0.0421. The maximum Gasteiger partial charge on any atom is 0.314 e. The van der Waals surface area contributed by atoms with Gasteiger partial charge in [-0.3, -0.25) is 4.79 Å². The van der Waals surface area contributed by atoms with Crippen molar-refractivity contribution in [3.63, 3.8) is 0 Å². The lowest BCUT2D eigenvalue weighted by atomic mass is 9.76. The van der Waals surface area contributed by atoms with Crippen LogP contribution in [0.3, 0.4) is 0 Å². The van der Waals surface area contributed by atoms with Crippen molar-refractivity contribution in [2.75, 3.05) is 26.7 Å². The quantitative estimate of drug-likeness (QED) is 0.463. The molecule has 0 radical (unpaired) electrons. The van der Waals surface area contributed by atoms with Gasteiger partial charge < -0.3 is 21.1 Å². The van der Waals surface area contributed by atoms with Crippen molar-refractivity contribution in [3.8, 4) is 0 Å². The number of hydrogen-bond acceptors (Lipinski definition) is 3. The third-order valence-electron chi connectivity index (χ3n) is 3.60. The first-order chi connectivity index (χ1) is 9.77. The number of rotatable bonds is 10. The van der Waals surface area contributed by atoms with E-state index in [2.05, 4.69) is 36.7 Å². The van der Waals surface area contributed by atoms with E-state index in [1.165, 1.54) is 0 Å². The molecule has 6 nitrogen and oxygen atoms in total. The topological polar surface area (TPSA) is 90.5 Å². The second-order valence-electron chi connectivity index (χ2n) is 6.42. The highest BCUT2D eigenvalue weighted by molar-refractivity contribution is 5.73. The first-order valence-corrected chi connectivity index (χ1v) is 7.65. The molecule has 0 saturated heterocycles. The summed E-state index contributed by atoms with van der Waals surface area (Å²) < 4.78 is 0. The monoisotopic (exact) mass is 301 g/mol. The highest BCUT2D eigenvalue weighted by Crippen LogP contribution is 2.32. The van der Waals surface area contributed by atoms with Crippen LogP contribution in [-0.2, 0) is 4.79 Å². The van der Waals surface area contributed by atoms with E-state index in [1.807, 2.05) is 7.05 Å². The second-order valence-corrected chi connectivity index (χ2v) is 6.42. The van der Waals surface area contributed by atoms with Crippen molar-refractivity contribution < 1.29 is 14.7 Å². The normalized spacial score (nSPS) is 12.8. The van der Waals surface area contributed by atoms with Crippen LogP contribution in [0.1, 0.15) is 46.5 Å². The highest BCUT2D eigenvalue weighted by atomic mass is 16.4. The van der Waals surface area contributed by atoms with Crippen LogP contribution < -0.4 is 16.0 Å². The van der Waals surface area contributed by atoms with Crippen molar-refractivity contribution in [1.29, 1.82) is 0 Å². The van der Waals surface area contributed by atoms with Gasteiger partial charge in [-0.2, -0.15) is 0 Å². The number of carbonyl (C=O) groups is 2. The molecule has 1 atom stereocenters. The Balaban J connectivity index is 3.96. The fourth-order valence-corrected chi connectivity index (χ4v) is 2.20. The highest BCUT2D eigenvalue weighted by Gasteiger charge is 2.24. The SMILES string of the molecule is CNCCCNC(=O)NCCC(CCC(=O)O)C(C)(C)C. The van der Waals surface area contributed by atoms with E-state index >= 15 is 0 Å². The van der Waals surface area contributed by atoms with Crippen LogP contribution in [0.4, 0.5) is 4.79 Å². The van der Waals surface area contributed by atoms with E-state index in [1.54, 1.807) is 0 Å². The van der Waals surface area contributed by atoms with Gasteiger partial charge in [0, 0.05) is 19.5 Å². The van der Waals surface area contributed by atoms with Crippen molar-refractivity contribution in [2.45, 2.75) is 46.5 Å². The van der Waals surface area contributed by atoms with E-state index in [9.17, 15) is 9.59 Å². The Hall–Kier alpha value is -1.30. The smallest absolute Gasteiger partial charge is 0.314 e. The number of urea groups is 1. The molecule has 0 aromatic rings. The summed E-state index contributed by atoms with van der Waals surface area (Å²) in [5.74, 6) is -0.488. The zero-order valence-electron chi connectivity index (χ0n) is 13.8. The van der Waals surface area contributed by atoms with Gasteiger partial charge in [-0.05, 0) is 44.2 Å². The molecule has 21 heavy (non-hydrogen) atoms. The summed E-state index contributed by atoms with van der Waals surface area (Å²) in [7, 11) is 1.88. The molecule has 0 aliphatic rings. The molecule has 0 heterocycles. The molecule has 0 aliphatic carbocycles. The zero-order valence-corrected chi connectivity index (χ0v) is 13.8. The van der Waals surface area contributed by atoms with E-state index < -0.39 is 5.97 Å². The maximum absolute atomic E-state index is 11.6. The summed E-state index contributed by atoms with van der Waals surface area (Å²) in [6.07, 6.45) is 2.51. The number of carbonyl (C=O) groups excluding carboxylic acids is 1. The Morgan fingerprint density at radius 3 is 2.19 bits per heavy atom. The Morgan fingerprint density at radius 1 is 1.05 bits per heavy atom. The Bertz CT molecular complexity index is 314. The Labute approximate surface area is 128 Å². The molecule has 4 N–H and O–H groups in total. The number of carboxylic acids is 1. The van der Waals surface area contributed by atoms with Gasteiger partial charge in [0.05, 0.1) is 0 Å². The Kier molecular flexibility index (Phi) is 9.78. The number of amides is 2. The summed E-state index contributed by atoms with van der Waals surface area (Å²) in [6, 6.07) is -0.156. The van der Waals surface area contributed by atoms with Crippen LogP contribution in [0.25, 0.3) is 0 Å². The van der Waals surface area contributed by atoms with Crippen LogP contribution in [0.2, 0.25) is 0 Å². The first kappa shape index (κ1) is 19.7. The lowest BCUT2D eigenvalue weighted by Gasteiger charge is -2.30. The molecule has 0 aromatic carbocycles. The van der Waals surface area contributed by atoms with Crippen LogP contribution in [0.5, 0.6) is 0 Å². The predicted molar refractivity (Wildman–Crippen MR) is 84.4 cm³/mol. The number of nitrogens with one attached hydrogen (secondary N) is 3. The summed E-state index contributed by atoms with van der Waals surface area (Å²) >= 11 is 0. The number of aliphatic carboxylic acids is 1. The third-order valence-corrected chi connectivity index (χ3v) is 3.60. The molecular formula is C15H31N3O3. The van der Waals surface area contributed by atoms with Gasteiger partial charge in [-0.1, -0.05) is 20.8 Å². The Morgan fingerprint density at radius 2 is 1.67 bits per heavy atom. The van der Waals surface area contributed by atoms with Crippen LogP contribution in [-0.4, -0.2) is 43.8 Å². The lowest BCUT2D eigenvalue weighted by molar-refractivity contribution is -0.137. The largest absolute Gasteiger partial charge is 0.481 e.